The molecule has 1 atom stereocenters. The van der Waals surface area contributed by atoms with Crippen molar-refractivity contribution in [3.05, 3.63) is 41.2 Å². The molecule has 1 aromatic carbocycles. The molecular weight excluding hydrogens is 361 g/mol. The van der Waals surface area contributed by atoms with Crippen molar-refractivity contribution in [1.29, 1.82) is 0 Å². The highest BCUT2D eigenvalue weighted by Gasteiger charge is 2.14. The third-order valence-corrected chi connectivity index (χ3v) is 4.05. The van der Waals surface area contributed by atoms with Gasteiger partial charge in [0.2, 0.25) is 15.9 Å². The van der Waals surface area contributed by atoms with Gasteiger partial charge in [0.1, 0.15) is 5.82 Å². The Morgan fingerprint density at radius 3 is 2.92 bits per heavy atom. The van der Waals surface area contributed by atoms with Crippen molar-refractivity contribution < 1.29 is 22.3 Å². The van der Waals surface area contributed by atoms with Crippen LogP contribution in [0.4, 0.5) is 10.1 Å². The van der Waals surface area contributed by atoms with Gasteiger partial charge in [-0.25, -0.2) is 12.8 Å². The zero-order valence-electron chi connectivity index (χ0n) is 14.2. The van der Waals surface area contributed by atoms with E-state index < -0.39 is 15.8 Å². The van der Waals surface area contributed by atoms with Crippen molar-refractivity contribution >= 4 is 21.6 Å². The lowest BCUT2D eigenvalue weighted by molar-refractivity contribution is -0.116. The molecule has 0 spiro atoms. The molecule has 0 radical (unpaired) electrons. The summed E-state index contributed by atoms with van der Waals surface area (Å²) in [5.41, 5.74) is 0.177. The zero-order chi connectivity index (χ0) is 19.2. The topological polar surface area (TPSA) is 96.5 Å². The second-order valence-corrected chi connectivity index (χ2v) is 7.46. The molecule has 1 saturated heterocycles. The maximum atomic E-state index is 14.2. The van der Waals surface area contributed by atoms with E-state index in [9.17, 15) is 17.6 Å². The molecule has 1 aliphatic heterocycles. The number of terminal acetylenes is 1. The first kappa shape index (κ1) is 19.9. The largest absolute Gasteiger partial charge is 0.371 e. The fourth-order valence-corrected chi connectivity index (χ4v) is 2.90. The summed E-state index contributed by atoms with van der Waals surface area (Å²) in [5.74, 6) is 1.06. The second kappa shape index (κ2) is 8.80. The number of carbonyl (C=O) groups excluding carboxylic acids is 1. The Bertz CT molecular complexity index is 840. The van der Waals surface area contributed by atoms with E-state index in [-0.39, 0.29) is 29.8 Å². The van der Waals surface area contributed by atoms with Gasteiger partial charge >= 0.3 is 0 Å². The van der Waals surface area contributed by atoms with Gasteiger partial charge in [0.05, 0.1) is 30.2 Å². The Morgan fingerprint density at radius 2 is 2.31 bits per heavy atom. The van der Waals surface area contributed by atoms with Crippen molar-refractivity contribution in [2.45, 2.75) is 12.6 Å². The second-order valence-electron chi connectivity index (χ2n) is 5.71. The lowest BCUT2D eigenvalue weighted by atomic mass is 10.1. The molecule has 0 bridgehead atoms. The van der Waals surface area contributed by atoms with Crippen molar-refractivity contribution in [3.8, 4) is 12.3 Å². The highest BCUT2D eigenvalue weighted by molar-refractivity contribution is 7.92. The van der Waals surface area contributed by atoms with Crippen molar-refractivity contribution in [2.24, 2.45) is 0 Å². The molecule has 1 heterocycles. The van der Waals surface area contributed by atoms with Crippen LogP contribution in [0, 0.1) is 18.2 Å². The highest BCUT2D eigenvalue weighted by Crippen LogP contribution is 2.22. The molecule has 1 aromatic rings. The number of amides is 1. The summed E-state index contributed by atoms with van der Waals surface area (Å²) in [6.07, 6.45) is 9.06. The van der Waals surface area contributed by atoms with E-state index in [1.165, 1.54) is 12.1 Å². The Morgan fingerprint density at radius 1 is 1.54 bits per heavy atom. The molecule has 1 fully saturated rings. The maximum absolute atomic E-state index is 14.2. The Kier molecular flexibility index (Phi) is 6.74. The molecule has 7 nitrogen and oxygen atoms in total. The molecule has 3 N–H and O–H groups in total. The normalized spacial score (nSPS) is 17.7. The number of morpholine rings is 1. The van der Waals surface area contributed by atoms with Gasteiger partial charge in [-0.3, -0.25) is 9.52 Å². The highest BCUT2D eigenvalue weighted by atomic mass is 32.2. The van der Waals surface area contributed by atoms with Crippen molar-refractivity contribution in [1.82, 2.24) is 10.6 Å². The van der Waals surface area contributed by atoms with Gasteiger partial charge in [0.25, 0.3) is 0 Å². The fourth-order valence-electron chi connectivity index (χ4n) is 2.32. The Labute approximate surface area is 152 Å². The molecule has 0 aliphatic carbocycles. The van der Waals surface area contributed by atoms with Crippen LogP contribution in [0.5, 0.6) is 0 Å². The number of benzene rings is 1. The van der Waals surface area contributed by atoms with Crippen LogP contribution in [0.2, 0.25) is 0 Å². The van der Waals surface area contributed by atoms with Gasteiger partial charge in [-0.2, -0.15) is 0 Å². The molecular formula is C17H20FN3O4S. The lowest BCUT2D eigenvalue weighted by Crippen LogP contribution is -2.37. The third-order valence-electron chi connectivity index (χ3n) is 3.48. The van der Waals surface area contributed by atoms with E-state index in [2.05, 4.69) is 21.3 Å². The number of anilines is 1. The number of hydrogen-bond acceptors (Lipinski definition) is 5. The molecule has 2 rings (SSSR count). The summed E-state index contributed by atoms with van der Waals surface area (Å²) in [6, 6.07) is 2.56. The summed E-state index contributed by atoms with van der Waals surface area (Å²) < 4.78 is 44.3. The first-order chi connectivity index (χ1) is 12.3. The maximum Gasteiger partial charge on any atom is 0.244 e. The minimum absolute atomic E-state index is 0.0394. The third kappa shape index (κ3) is 6.15. The summed E-state index contributed by atoms with van der Waals surface area (Å²) in [6.45, 7) is 2.04. The van der Waals surface area contributed by atoms with Crippen LogP contribution in [-0.2, 0) is 26.1 Å². The van der Waals surface area contributed by atoms with Crippen molar-refractivity contribution in [2.75, 3.05) is 30.7 Å². The molecule has 1 unspecified atom stereocenters. The summed E-state index contributed by atoms with van der Waals surface area (Å²) in [5, 5.41) is 5.75. The number of carbonyl (C=O) groups is 1. The number of rotatable bonds is 6. The van der Waals surface area contributed by atoms with E-state index in [0.717, 1.165) is 18.9 Å². The predicted molar refractivity (Wildman–Crippen MR) is 96.4 cm³/mol. The van der Waals surface area contributed by atoms with Crippen LogP contribution in [0.1, 0.15) is 11.1 Å². The average Bonchev–Trinajstić information content (AvgIpc) is 2.60. The predicted octanol–water partition coefficient (Wildman–Crippen LogP) is 0.339. The van der Waals surface area contributed by atoms with E-state index in [1.54, 1.807) is 6.08 Å². The smallest absolute Gasteiger partial charge is 0.244 e. The van der Waals surface area contributed by atoms with Crippen LogP contribution in [-0.4, -0.2) is 46.4 Å². The Hall–Kier alpha value is -2.41. The molecule has 140 valence electrons. The summed E-state index contributed by atoms with van der Waals surface area (Å²) in [4.78, 5) is 11.9. The van der Waals surface area contributed by atoms with Crippen LogP contribution in [0.3, 0.4) is 0 Å². The molecule has 0 saturated carbocycles. The van der Waals surface area contributed by atoms with E-state index in [1.807, 2.05) is 0 Å². The molecule has 1 aliphatic rings. The molecule has 0 aromatic heterocycles. The molecule has 26 heavy (non-hydrogen) atoms. The number of sulfonamides is 1. The zero-order valence-corrected chi connectivity index (χ0v) is 15.0. The summed E-state index contributed by atoms with van der Waals surface area (Å²) >= 11 is 0. The fraction of sp³-hybridized carbons (Fsp3) is 0.353. The van der Waals surface area contributed by atoms with Gasteiger partial charge in [0.15, 0.2) is 0 Å². The van der Waals surface area contributed by atoms with E-state index >= 15 is 0 Å². The minimum atomic E-state index is -3.67. The quantitative estimate of drug-likeness (QED) is 0.488. The number of hydrogen-bond donors (Lipinski definition) is 3. The first-order valence-corrected chi connectivity index (χ1v) is 9.73. The summed E-state index contributed by atoms with van der Waals surface area (Å²) in [7, 11) is -3.67. The SMILES string of the molecule is C#Cc1cc(CNC(=O)C=CC2CNCCO2)cc(F)c1NS(C)(=O)=O. The molecule has 1 amide bonds. The van der Waals surface area contributed by atoms with Gasteiger partial charge in [-0.1, -0.05) is 5.92 Å². The van der Waals surface area contributed by atoms with Crippen LogP contribution in [0.15, 0.2) is 24.3 Å². The molecule has 9 heteroatoms. The van der Waals surface area contributed by atoms with Crippen LogP contribution in [0.25, 0.3) is 0 Å². The first-order valence-electron chi connectivity index (χ1n) is 7.83. The number of halogens is 1. The average molecular weight is 381 g/mol. The van der Waals surface area contributed by atoms with E-state index in [4.69, 9.17) is 11.2 Å². The van der Waals surface area contributed by atoms with Gasteiger partial charge in [-0.15, -0.1) is 6.42 Å². The number of nitrogens with one attached hydrogen (secondary N) is 3. The van der Waals surface area contributed by atoms with Gasteiger partial charge in [-0.05, 0) is 23.8 Å². The minimum Gasteiger partial charge on any atom is -0.371 e. The monoisotopic (exact) mass is 381 g/mol. The van der Waals surface area contributed by atoms with E-state index in [0.29, 0.717) is 18.7 Å². The van der Waals surface area contributed by atoms with Crippen LogP contribution < -0.4 is 15.4 Å². The van der Waals surface area contributed by atoms with Crippen LogP contribution >= 0.6 is 0 Å². The van der Waals surface area contributed by atoms with Crippen molar-refractivity contribution in [3.63, 3.8) is 0 Å². The van der Waals surface area contributed by atoms with Gasteiger partial charge in [0, 0.05) is 25.7 Å². The number of ether oxygens (including phenoxy) is 1. The lowest BCUT2D eigenvalue weighted by Gasteiger charge is -2.20. The van der Waals surface area contributed by atoms with Gasteiger partial charge < -0.3 is 15.4 Å². The Balaban J connectivity index is 2.01. The standard InChI is InChI=1S/C17H20FN3O4S/c1-3-13-8-12(9-15(18)17(13)21-26(2,23)24)10-20-16(22)5-4-14-11-19-6-7-25-14/h1,4-5,8-9,14,19,21H,6-7,10-11H2,2H3,(H,20,22).